The van der Waals surface area contributed by atoms with E-state index in [2.05, 4.69) is 11.4 Å². The molecule has 0 unspecified atom stereocenters. The van der Waals surface area contributed by atoms with Crippen LogP contribution in [-0.2, 0) is 12.2 Å². The van der Waals surface area contributed by atoms with Crippen LogP contribution in [0.4, 0.5) is 0 Å². The molecule has 0 atom stereocenters. The van der Waals surface area contributed by atoms with Crippen LogP contribution in [0, 0.1) is 0 Å². The molecule has 2 heterocycles. The lowest BCUT2D eigenvalue weighted by atomic mass is 10.2. The van der Waals surface area contributed by atoms with Crippen LogP contribution in [0.25, 0.3) is 0 Å². The summed E-state index contributed by atoms with van der Waals surface area (Å²) in [6.07, 6.45) is 5.54. The van der Waals surface area contributed by atoms with Crippen molar-refractivity contribution < 1.29 is 4.79 Å². The maximum absolute atomic E-state index is 12.0. The van der Waals surface area contributed by atoms with Crippen LogP contribution in [0.5, 0.6) is 0 Å². The Kier molecular flexibility index (Phi) is 6.54. The largest absolute Gasteiger partial charge is 0.351 e. The Morgan fingerprint density at radius 1 is 1.32 bits per heavy atom. The number of unbranched alkanes of at least 4 members (excludes halogenated alkanes) is 3. The second kappa shape index (κ2) is 8.18. The molecule has 0 bridgehead atoms. The lowest BCUT2D eigenvalue weighted by Gasteiger charge is -2.08. The highest BCUT2D eigenvalue weighted by Gasteiger charge is 2.16. The van der Waals surface area contributed by atoms with Gasteiger partial charge in [0.1, 0.15) is 0 Å². The molecule has 1 aliphatic heterocycles. The maximum atomic E-state index is 12.0. The molecule has 1 aromatic rings. The number of halogens is 1. The van der Waals surface area contributed by atoms with Gasteiger partial charge in [0, 0.05) is 23.1 Å². The molecule has 0 spiro atoms. The van der Waals surface area contributed by atoms with E-state index >= 15 is 0 Å². The standard InChI is InChI=1S/C14H20ClNOS2/c15-6-3-1-2-4-7-16-14(17)13-9-11-10-18-8-5-12(11)19-13/h9H,1-8,10H2,(H,16,17). The number of carbonyl (C=O) groups excluding carboxylic acids is 1. The van der Waals surface area contributed by atoms with Gasteiger partial charge in [-0.3, -0.25) is 4.79 Å². The Morgan fingerprint density at radius 2 is 2.16 bits per heavy atom. The fourth-order valence-corrected chi connectivity index (χ4v) is 4.60. The zero-order chi connectivity index (χ0) is 13.5. The summed E-state index contributed by atoms with van der Waals surface area (Å²) in [6.45, 7) is 0.776. The molecule has 0 radical (unpaired) electrons. The Hall–Kier alpha value is -0.190. The summed E-state index contributed by atoms with van der Waals surface area (Å²) in [5.74, 6) is 3.10. The van der Waals surface area contributed by atoms with Crippen molar-refractivity contribution >= 4 is 40.6 Å². The predicted molar refractivity (Wildman–Crippen MR) is 85.7 cm³/mol. The van der Waals surface area contributed by atoms with Gasteiger partial charge in [0.05, 0.1) is 4.88 Å². The molecule has 0 aliphatic carbocycles. The van der Waals surface area contributed by atoms with Gasteiger partial charge in [0.2, 0.25) is 0 Å². The smallest absolute Gasteiger partial charge is 0.261 e. The van der Waals surface area contributed by atoms with Crippen molar-refractivity contribution in [1.82, 2.24) is 5.32 Å². The molecule has 1 amide bonds. The van der Waals surface area contributed by atoms with Crippen molar-refractivity contribution in [3.63, 3.8) is 0 Å². The van der Waals surface area contributed by atoms with Gasteiger partial charge >= 0.3 is 0 Å². The van der Waals surface area contributed by atoms with Crippen molar-refractivity contribution in [1.29, 1.82) is 0 Å². The van der Waals surface area contributed by atoms with Crippen LogP contribution in [0.15, 0.2) is 6.07 Å². The lowest BCUT2D eigenvalue weighted by molar-refractivity contribution is 0.0957. The molecule has 0 aromatic carbocycles. The summed E-state index contributed by atoms with van der Waals surface area (Å²) < 4.78 is 0. The van der Waals surface area contributed by atoms with Crippen molar-refractivity contribution in [2.45, 2.75) is 37.9 Å². The van der Waals surface area contributed by atoms with Gasteiger partial charge in [0.25, 0.3) is 5.91 Å². The maximum Gasteiger partial charge on any atom is 0.261 e. The van der Waals surface area contributed by atoms with Gasteiger partial charge in [-0.1, -0.05) is 12.8 Å². The second-order valence-corrected chi connectivity index (χ2v) is 7.34. The van der Waals surface area contributed by atoms with Gasteiger partial charge in [0.15, 0.2) is 0 Å². The van der Waals surface area contributed by atoms with E-state index in [4.69, 9.17) is 11.6 Å². The molecule has 0 saturated carbocycles. The topological polar surface area (TPSA) is 29.1 Å². The summed E-state index contributed by atoms with van der Waals surface area (Å²) in [5, 5.41) is 3.02. The van der Waals surface area contributed by atoms with E-state index < -0.39 is 0 Å². The molecule has 2 nitrogen and oxygen atoms in total. The van der Waals surface area contributed by atoms with Crippen LogP contribution in [-0.4, -0.2) is 24.1 Å². The molecular weight excluding hydrogens is 298 g/mol. The molecule has 0 saturated heterocycles. The SMILES string of the molecule is O=C(NCCCCCCCl)c1cc2c(s1)CCSC2. The monoisotopic (exact) mass is 317 g/mol. The van der Waals surface area contributed by atoms with Crippen molar-refractivity contribution in [3.8, 4) is 0 Å². The molecule has 1 N–H and O–H groups in total. The number of rotatable bonds is 7. The first kappa shape index (κ1) is 15.2. The summed E-state index contributed by atoms with van der Waals surface area (Å²) in [4.78, 5) is 14.3. The zero-order valence-corrected chi connectivity index (χ0v) is 13.4. The Bertz CT molecular complexity index is 396. The second-order valence-electron chi connectivity index (χ2n) is 4.72. The first-order chi connectivity index (χ1) is 9.31. The number of aryl methyl sites for hydroxylation is 1. The lowest BCUT2D eigenvalue weighted by Crippen LogP contribution is -2.23. The number of fused-ring (bicyclic) bond motifs is 1. The van der Waals surface area contributed by atoms with Gasteiger partial charge < -0.3 is 5.32 Å². The van der Waals surface area contributed by atoms with Gasteiger partial charge in [-0.05, 0) is 36.6 Å². The first-order valence-corrected chi connectivity index (χ1v) is 9.35. The number of hydrogen-bond acceptors (Lipinski definition) is 3. The van der Waals surface area contributed by atoms with E-state index in [1.807, 2.05) is 11.8 Å². The molecule has 5 heteroatoms. The number of carbonyl (C=O) groups is 1. The number of nitrogens with one attached hydrogen (secondary N) is 1. The Morgan fingerprint density at radius 3 is 2.95 bits per heavy atom. The van der Waals surface area contributed by atoms with Gasteiger partial charge in [-0.2, -0.15) is 11.8 Å². The van der Waals surface area contributed by atoms with Crippen molar-refractivity contribution in [3.05, 3.63) is 21.4 Å². The van der Waals surface area contributed by atoms with Gasteiger partial charge in [-0.15, -0.1) is 22.9 Å². The summed E-state index contributed by atoms with van der Waals surface area (Å²) in [5.41, 5.74) is 1.37. The van der Waals surface area contributed by atoms with E-state index in [-0.39, 0.29) is 5.91 Å². The van der Waals surface area contributed by atoms with E-state index in [1.54, 1.807) is 11.3 Å². The predicted octanol–water partition coefficient (Wildman–Crippen LogP) is 4.07. The van der Waals surface area contributed by atoms with Gasteiger partial charge in [-0.25, -0.2) is 0 Å². The Labute approximate surface area is 128 Å². The van der Waals surface area contributed by atoms with Crippen LogP contribution in [0.3, 0.4) is 0 Å². The summed E-state index contributed by atoms with van der Waals surface area (Å²) in [6, 6.07) is 2.08. The first-order valence-electron chi connectivity index (χ1n) is 6.84. The highest BCUT2D eigenvalue weighted by atomic mass is 35.5. The van der Waals surface area contributed by atoms with Crippen LogP contribution >= 0.6 is 34.7 Å². The minimum atomic E-state index is 0.0988. The number of amides is 1. The fourth-order valence-electron chi connectivity index (χ4n) is 2.12. The number of hydrogen-bond donors (Lipinski definition) is 1. The fraction of sp³-hybridized carbons (Fsp3) is 0.643. The minimum Gasteiger partial charge on any atom is -0.351 e. The summed E-state index contributed by atoms with van der Waals surface area (Å²) >= 11 is 9.25. The quantitative estimate of drug-likeness (QED) is 0.607. The molecule has 1 aliphatic rings. The molecule has 19 heavy (non-hydrogen) atoms. The van der Waals surface area contributed by atoms with E-state index in [0.29, 0.717) is 0 Å². The minimum absolute atomic E-state index is 0.0988. The summed E-state index contributed by atoms with van der Waals surface area (Å²) in [7, 11) is 0. The molecular formula is C14H20ClNOS2. The number of thioether (sulfide) groups is 1. The molecule has 1 aromatic heterocycles. The van der Waals surface area contributed by atoms with E-state index in [1.165, 1.54) is 16.2 Å². The third kappa shape index (κ3) is 4.69. The van der Waals surface area contributed by atoms with E-state index in [0.717, 1.165) is 55.2 Å². The molecule has 106 valence electrons. The number of alkyl halides is 1. The van der Waals surface area contributed by atoms with Crippen molar-refractivity contribution in [2.24, 2.45) is 0 Å². The zero-order valence-electron chi connectivity index (χ0n) is 11.0. The van der Waals surface area contributed by atoms with E-state index in [9.17, 15) is 4.79 Å². The van der Waals surface area contributed by atoms with Crippen LogP contribution in [0.2, 0.25) is 0 Å². The normalized spacial score (nSPS) is 14.2. The van der Waals surface area contributed by atoms with Crippen LogP contribution < -0.4 is 5.32 Å². The van der Waals surface area contributed by atoms with Crippen LogP contribution in [0.1, 0.15) is 45.8 Å². The highest BCUT2D eigenvalue weighted by molar-refractivity contribution is 7.98. The Balaban J connectivity index is 1.72. The third-order valence-corrected chi connectivity index (χ3v) is 5.71. The average Bonchev–Trinajstić information content (AvgIpc) is 2.86. The van der Waals surface area contributed by atoms with Crippen molar-refractivity contribution in [2.75, 3.05) is 18.2 Å². The average molecular weight is 318 g/mol. The highest BCUT2D eigenvalue weighted by Crippen LogP contribution is 2.31. The molecule has 0 fully saturated rings. The number of thiophene rings is 1. The molecule has 2 rings (SSSR count). The third-order valence-electron chi connectivity index (χ3n) is 3.20.